The van der Waals surface area contributed by atoms with Crippen LogP contribution in [0.3, 0.4) is 0 Å². The van der Waals surface area contributed by atoms with Crippen LogP contribution in [0.25, 0.3) is 11.3 Å². The standard InChI is InChI=1S/C22H22F3N5O3S2/c1-33-9-8-16(18-12-34-21(29-18)30-35(32)15-6-7-15)20(31)27-14-4-2-13(3-5-14)17-10-26-11-19(28-17)22(23,24)25/h2-5,10-12,15-16H,6-9H2,1H3,(H,27,31)(H,29,30). The molecular formula is C22H22F3N5O3S2. The number of hydrogen-bond donors (Lipinski definition) is 2. The van der Waals surface area contributed by atoms with E-state index in [1.54, 1.807) is 29.6 Å². The number of carbonyl (C=O) groups excluding carboxylic acids is 1. The van der Waals surface area contributed by atoms with Crippen LogP contribution in [0.5, 0.6) is 0 Å². The summed E-state index contributed by atoms with van der Waals surface area (Å²) in [6.45, 7) is 0.333. The molecule has 1 fully saturated rings. The van der Waals surface area contributed by atoms with Gasteiger partial charge in [-0.25, -0.2) is 14.2 Å². The molecule has 13 heteroatoms. The fourth-order valence-corrected chi connectivity index (χ4v) is 5.18. The molecule has 35 heavy (non-hydrogen) atoms. The number of alkyl halides is 3. The van der Waals surface area contributed by atoms with Crippen LogP contribution in [0, 0.1) is 0 Å². The monoisotopic (exact) mass is 525 g/mol. The summed E-state index contributed by atoms with van der Waals surface area (Å²) >= 11 is 1.28. The highest BCUT2D eigenvalue weighted by molar-refractivity contribution is 7.87. The van der Waals surface area contributed by atoms with Crippen molar-refractivity contribution < 1.29 is 26.9 Å². The van der Waals surface area contributed by atoms with Crippen molar-refractivity contribution in [2.45, 2.75) is 36.6 Å². The molecule has 4 rings (SSSR count). The Hall–Kier alpha value is -2.90. The number of hydrogen-bond acceptors (Lipinski definition) is 7. The maximum atomic E-state index is 13.0. The molecule has 1 amide bonds. The van der Waals surface area contributed by atoms with Gasteiger partial charge >= 0.3 is 6.18 Å². The highest BCUT2D eigenvalue weighted by Crippen LogP contribution is 2.31. The summed E-state index contributed by atoms with van der Waals surface area (Å²) in [6.07, 6.45) is -0.443. The quantitative estimate of drug-likeness (QED) is 0.400. The number of thiazole rings is 1. The van der Waals surface area contributed by atoms with Gasteiger partial charge in [0.2, 0.25) is 5.91 Å². The van der Waals surface area contributed by atoms with Crippen molar-refractivity contribution in [3.63, 3.8) is 0 Å². The molecule has 1 aromatic carbocycles. The molecule has 0 radical (unpaired) electrons. The van der Waals surface area contributed by atoms with Gasteiger partial charge in [0.15, 0.2) is 10.8 Å². The van der Waals surface area contributed by atoms with Crippen LogP contribution >= 0.6 is 11.3 Å². The Kier molecular flexibility index (Phi) is 7.77. The molecule has 3 aromatic rings. The molecule has 1 aliphatic carbocycles. The van der Waals surface area contributed by atoms with E-state index in [9.17, 15) is 22.2 Å². The van der Waals surface area contributed by atoms with Crippen molar-refractivity contribution >= 4 is 39.0 Å². The molecule has 2 atom stereocenters. The third-order valence-electron chi connectivity index (χ3n) is 5.19. The SMILES string of the molecule is COCCC(C(=O)Nc1ccc(-c2cncc(C(F)(F)F)n2)cc1)c1csc(NS(=O)C2CC2)n1. The van der Waals surface area contributed by atoms with Crippen LogP contribution < -0.4 is 10.0 Å². The van der Waals surface area contributed by atoms with Crippen molar-refractivity contribution in [1.29, 1.82) is 0 Å². The minimum absolute atomic E-state index is 0.0711. The van der Waals surface area contributed by atoms with Crippen LogP contribution in [-0.4, -0.2) is 44.0 Å². The summed E-state index contributed by atoms with van der Waals surface area (Å²) in [5.41, 5.74) is 0.421. The Morgan fingerprint density at radius 1 is 1.23 bits per heavy atom. The topological polar surface area (TPSA) is 106 Å². The van der Waals surface area contributed by atoms with Crippen LogP contribution in [0.15, 0.2) is 42.0 Å². The Labute approximate surface area is 206 Å². The second-order valence-corrected chi connectivity index (χ2v) is 10.2. The molecular weight excluding hydrogens is 503 g/mol. The number of nitrogens with zero attached hydrogens (tertiary/aromatic N) is 3. The van der Waals surface area contributed by atoms with Gasteiger partial charge in [-0.2, -0.15) is 13.2 Å². The predicted octanol–water partition coefficient (Wildman–Crippen LogP) is 4.62. The van der Waals surface area contributed by atoms with E-state index >= 15 is 0 Å². The molecule has 8 nitrogen and oxygen atoms in total. The normalized spacial score (nSPS) is 15.4. The van der Waals surface area contributed by atoms with Gasteiger partial charge in [-0.1, -0.05) is 12.1 Å². The second-order valence-electron chi connectivity index (χ2n) is 7.86. The van der Waals surface area contributed by atoms with E-state index in [0.717, 1.165) is 12.8 Å². The largest absolute Gasteiger partial charge is 0.434 e. The lowest BCUT2D eigenvalue weighted by atomic mass is 10.0. The number of amides is 1. The molecule has 1 saturated carbocycles. The van der Waals surface area contributed by atoms with E-state index < -0.39 is 28.8 Å². The summed E-state index contributed by atoms with van der Waals surface area (Å²) in [6, 6.07) is 6.27. The van der Waals surface area contributed by atoms with Gasteiger partial charge in [0, 0.05) is 30.3 Å². The van der Waals surface area contributed by atoms with E-state index in [0.29, 0.717) is 41.3 Å². The fourth-order valence-electron chi connectivity index (χ4n) is 3.19. The second kappa shape index (κ2) is 10.8. The minimum atomic E-state index is -4.59. The number of methoxy groups -OCH3 is 1. The summed E-state index contributed by atoms with van der Waals surface area (Å²) in [7, 11) is 0.356. The summed E-state index contributed by atoms with van der Waals surface area (Å²) in [5.74, 6) is -0.918. The third-order valence-corrected chi connectivity index (χ3v) is 7.57. The molecule has 2 heterocycles. The number of ether oxygens (including phenoxy) is 1. The van der Waals surface area contributed by atoms with Gasteiger partial charge in [0.05, 0.1) is 34.9 Å². The molecule has 0 bridgehead atoms. The van der Waals surface area contributed by atoms with Crippen LogP contribution in [0.4, 0.5) is 24.0 Å². The number of aromatic nitrogens is 3. The molecule has 0 aliphatic heterocycles. The fraction of sp³-hybridized carbons (Fsp3) is 0.364. The van der Waals surface area contributed by atoms with Crippen molar-refractivity contribution in [2.24, 2.45) is 0 Å². The summed E-state index contributed by atoms with van der Waals surface area (Å²) in [4.78, 5) is 24.7. The van der Waals surface area contributed by atoms with E-state index in [-0.39, 0.29) is 16.9 Å². The molecule has 186 valence electrons. The van der Waals surface area contributed by atoms with Crippen molar-refractivity contribution in [3.8, 4) is 11.3 Å². The van der Waals surface area contributed by atoms with Gasteiger partial charge < -0.3 is 10.1 Å². The number of halogens is 3. The third kappa shape index (κ3) is 6.61. The Balaban J connectivity index is 1.45. The zero-order valence-corrected chi connectivity index (χ0v) is 20.2. The maximum Gasteiger partial charge on any atom is 0.434 e. The summed E-state index contributed by atoms with van der Waals surface area (Å²) in [5, 5.41) is 5.21. The van der Waals surface area contributed by atoms with Crippen molar-refractivity contribution in [3.05, 3.63) is 53.4 Å². The number of benzene rings is 1. The van der Waals surface area contributed by atoms with Crippen molar-refractivity contribution in [1.82, 2.24) is 15.0 Å². The molecule has 2 N–H and O–H groups in total. The molecule has 0 saturated heterocycles. The highest BCUT2D eigenvalue weighted by Gasteiger charge is 2.33. The molecule has 0 spiro atoms. The van der Waals surface area contributed by atoms with E-state index in [1.807, 2.05) is 0 Å². The number of rotatable bonds is 10. The van der Waals surface area contributed by atoms with Crippen LogP contribution in [-0.2, 0) is 26.7 Å². The van der Waals surface area contributed by atoms with Gasteiger partial charge in [0.25, 0.3) is 0 Å². The lowest BCUT2D eigenvalue weighted by Gasteiger charge is -2.15. The van der Waals surface area contributed by atoms with E-state index in [1.165, 1.54) is 24.6 Å². The molecule has 1 aliphatic rings. The average Bonchev–Trinajstić information content (AvgIpc) is 3.59. The number of nitrogens with one attached hydrogen (secondary N) is 2. The average molecular weight is 526 g/mol. The first-order valence-electron chi connectivity index (χ1n) is 10.7. The first-order valence-corrected chi connectivity index (χ1v) is 12.8. The number of anilines is 2. The molecule has 2 aromatic heterocycles. The summed E-state index contributed by atoms with van der Waals surface area (Å²) < 4.78 is 58.9. The number of carbonyl (C=O) groups is 1. The minimum Gasteiger partial charge on any atom is -0.385 e. The van der Waals surface area contributed by atoms with Gasteiger partial charge in [-0.15, -0.1) is 11.3 Å². The zero-order chi connectivity index (χ0) is 25.0. The smallest absolute Gasteiger partial charge is 0.385 e. The van der Waals surface area contributed by atoms with Gasteiger partial charge in [-0.3, -0.25) is 14.5 Å². The van der Waals surface area contributed by atoms with Gasteiger partial charge in [0.1, 0.15) is 11.0 Å². The molecule has 2 unspecified atom stereocenters. The predicted molar refractivity (Wildman–Crippen MR) is 127 cm³/mol. The van der Waals surface area contributed by atoms with Gasteiger partial charge in [-0.05, 0) is 31.4 Å². The van der Waals surface area contributed by atoms with Crippen LogP contribution in [0.2, 0.25) is 0 Å². The zero-order valence-electron chi connectivity index (χ0n) is 18.5. The lowest BCUT2D eigenvalue weighted by molar-refractivity contribution is -0.141. The van der Waals surface area contributed by atoms with Crippen molar-refractivity contribution in [2.75, 3.05) is 23.8 Å². The first-order chi connectivity index (χ1) is 16.7. The first kappa shape index (κ1) is 25.2. The lowest BCUT2D eigenvalue weighted by Crippen LogP contribution is -2.23. The Morgan fingerprint density at radius 3 is 2.63 bits per heavy atom. The van der Waals surface area contributed by atoms with E-state index in [2.05, 4.69) is 25.0 Å². The highest BCUT2D eigenvalue weighted by atomic mass is 32.2. The maximum absolute atomic E-state index is 13.0. The van der Waals surface area contributed by atoms with E-state index in [4.69, 9.17) is 4.74 Å². The Bertz CT molecular complexity index is 1200. The van der Waals surface area contributed by atoms with Crippen LogP contribution in [0.1, 0.15) is 36.6 Å². The Morgan fingerprint density at radius 2 is 1.97 bits per heavy atom.